The van der Waals surface area contributed by atoms with Gasteiger partial charge < -0.3 is 15.2 Å². The standard InChI is InChI=1S/C5H9BO3/c7-5-3-1-2-4-6(8)9/h1-4,7-9H,5H2/b3-1+,4-2+. The molecular weight excluding hydrogens is 119 g/mol. The van der Waals surface area contributed by atoms with Crippen molar-refractivity contribution in [3.8, 4) is 0 Å². The van der Waals surface area contributed by atoms with Crippen LogP contribution in [0, 0.1) is 0 Å². The minimum Gasteiger partial charge on any atom is -0.424 e. The van der Waals surface area contributed by atoms with Crippen LogP contribution >= 0.6 is 0 Å². The fourth-order valence-corrected chi connectivity index (χ4v) is 0.303. The highest BCUT2D eigenvalue weighted by atomic mass is 16.4. The Balaban J connectivity index is 3.35. The van der Waals surface area contributed by atoms with E-state index >= 15 is 0 Å². The summed E-state index contributed by atoms with van der Waals surface area (Å²) < 4.78 is 0. The molecule has 0 aromatic carbocycles. The van der Waals surface area contributed by atoms with Gasteiger partial charge in [-0.05, 0) is 0 Å². The summed E-state index contributed by atoms with van der Waals surface area (Å²) >= 11 is 0. The summed E-state index contributed by atoms with van der Waals surface area (Å²) in [7, 11) is -1.41. The van der Waals surface area contributed by atoms with E-state index in [1.165, 1.54) is 24.2 Å². The van der Waals surface area contributed by atoms with Gasteiger partial charge in [-0.2, -0.15) is 0 Å². The number of hydrogen-bond acceptors (Lipinski definition) is 3. The van der Waals surface area contributed by atoms with Gasteiger partial charge in [0.1, 0.15) is 0 Å². The van der Waals surface area contributed by atoms with E-state index in [9.17, 15) is 0 Å². The Labute approximate surface area is 54.1 Å². The fourth-order valence-electron chi connectivity index (χ4n) is 0.303. The van der Waals surface area contributed by atoms with E-state index in [-0.39, 0.29) is 6.61 Å². The van der Waals surface area contributed by atoms with E-state index in [4.69, 9.17) is 15.2 Å². The highest BCUT2D eigenvalue weighted by Gasteiger charge is 1.94. The third-order valence-electron chi connectivity index (χ3n) is 0.636. The predicted molar refractivity (Wildman–Crippen MR) is 35.6 cm³/mol. The maximum atomic E-state index is 8.22. The van der Waals surface area contributed by atoms with Crippen molar-refractivity contribution >= 4 is 7.12 Å². The summed E-state index contributed by atoms with van der Waals surface area (Å²) in [5.74, 6) is 1.19. The normalized spacial score (nSPS) is 11.4. The van der Waals surface area contributed by atoms with E-state index in [0.29, 0.717) is 0 Å². The van der Waals surface area contributed by atoms with E-state index in [1.807, 2.05) is 0 Å². The molecule has 0 amide bonds. The quantitative estimate of drug-likeness (QED) is 0.341. The first kappa shape index (κ1) is 8.42. The van der Waals surface area contributed by atoms with Crippen LogP contribution in [-0.4, -0.2) is 28.9 Å². The van der Waals surface area contributed by atoms with Gasteiger partial charge in [-0.15, -0.1) is 0 Å². The van der Waals surface area contributed by atoms with Crippen molar-refractivity contribution in [3.63, 3.8) is 0 Å². The maximum absolute atomic E-state index is 8.22. The van der Waals surface area contributed by atoms with Gasteiger partial charge in [0, 0.05) is 0 Å². The molecule has 3 N–H and O–H groups in total. The molecule has 3 nitrogen and oxygen atoms in total. The number of rotatable bonds is 3. The smallest absolute Gasteiger partial charge is 0.424 e. The first-order valence-electron chi connectivity index (χ1n) is 2.57. The van der Waals surface area contributed by atoms with Crippen molar-refractivity contribution in [2.24, 2.45) is 0 Å². The molecule has 0 aliphatic rings. The third-order valence-corrected chi connectivity index (χ3v) is 0.636. The fraction of sp³-hybridized carbons (Fsp3) is 0.200. The molecule has 0 aromatic heterocycles. The molecule has 0 unspecified atom stereocenters. The van der Waals surface area contributed by atoms with Crippen LogP contribution in [0.1, 0.15) is 0 Å². The topological polar surface area (TPSA) is 60.7 Å². The Morgan fingerprint density at radius 2 is 1.89 bits per heavy atom. The molecular formula is C5H9BO3. The van der Waals surface area contributed by atoms with Gasteiger partial charge in [0.25, 0.3) is 0 Å². The Hall–Kier alpha value is -0.575. The minimum atomic E-state index is -1.41. The van der Waals surface area contributed by atoms with E-state index in [2.05, 4.69) is 0 Å². The van der Waals surface area contributed by atoms with Crippen LogP contribution in [-0.2, 0) is 0 Å². The van der Waals surface area contributed by atoms with Crippen LogP contribution in [0.25, 0.3) is 0 Å². The van der Waals surface area contributed by atoms with Crippen LogP contribution in [0.5, 0.6) is 0 Å². The van der Waals surface area contributed by atoms with Gasteiger partial charge >= 0.3 is 7.12 Å². The second-order valence-electron chi connectivity index (χ2n) is 1.41. The highest BCUT2D eigenvalue weighted by molar-refractivity contribution is 6.47. The molecule has 0 saturated heterocycles. The third kappa shape index (κ3) is 7.42. The molecule has 0 atom stereocenters. The number of aliphatic hydroxyl groups is 1. The summed E-state index contributed by atoms with van der Waals surface area (Å²) in [5.41, 5.74) is 0. The van der Waals surface area contributed by atoms with Crippen molar-refractivity contribution in [1.82, 2.24) is 0 Å². The molecule has 0 fully saturated rings. The van der Waals surface area contributed by atoms with Crippen molar-refractivity contribution in [2.45, 2.75) is 0 Å². The molecule has 0 aromatic rings. The first-order valence-corrected chi connectivity index (χ1v) is 2.57. The largest absolute Gasteiger partial charge is 0.480 e. The maximum Gasteiger partial charge on any atom is 0.480 e. The van der Waals surface area contributed by atoms with Crippen LogP contribution in [0.15, 0.2) is 24.2 Å². The summed E-state index contributed by atoms with van der Waals surface area (Å²) in [4.78, 5) is 0. The van der Waals surface area contributed by atoms with E-state index in [0.717, 1.165) is 0 Å². The van der Waals surface area contributed by atoms with Crippen LogP contribution in [0.2, 0.25) is 0 Å². The molecule has 0 bridgehead atoms. The monoisotopic (exact) mass is 128 g/mol. The number of allylic oxidation sites excluding steroid dienone is 2. The van der Waals surface area contributed by atoms with Crippen LogP contribution in [0.3, 0.4) is 0 Å². The van der Waals surface area contributed by atoms with Crippen LogP contribution in [0.4, 0.5) is 0 Å². The summed E-state index contributed by atoms with van der Waals surface area (Å²) in [6.07, 6.45) is 4.46. The lowest BCUT2D eigenvalue weighted by atomic mass is 9.92. The van der Waals surface area contributed by atoms with Gasteiger partial charge in [-0.3, -0.25) is 0 Å². The summed E-state index contributed by atoms with van der Waals surface area (Å²) in [6.45, 7) is -0.0358. The van der Waals surface area contributed by atoms with Crippen molar-refractivity contribution < 1.29 is 15.2 Å². The summed E-state index contributed by atoms with van der Waals surface area (Å²) in [5, 5.41) is 24.6. The molecule has 0 radical (unpaired) electrons. The average Bonchev–Trinajstić information content (AvgIpc) is 1.80. The van der Waals surface area contributed by atoms with Crippen LogP contribution < -0.4 is 0 Å². The molecule has 0 heterocycles. The zero-order valence-electron chi connectivity index (χ0n) is 4.94. The Morgan fingerprint density at radius 1 is 1.22 bits per heavy atom. The lowest BCUT2D eigenvalue weighted by Gasteiger charge is -1.81. The lowest BCUT2D eigenvalue weighted by molar-refractivity contribution is 0.342. The molecule has 50 valence electrons. The van der Waals surface area contributed by atoms with Gasteiger partial charge in [0.05, 0.1) is 6.61 Å². The highest BCUT2D eigenvalue weighted by Crippen LogP contribution is 1.77. The molecule has 0 rings (SSSR count). The molecule has 0 aliphatic carbocycles. The van der Waals surface area contributed by atoms with Crippen molar-refractivity contribution in [3.05, 3.63) is 24.2 Å². The Morgan fingerprint density at radius 3 is 2.33 bits per heavy atom. The average molecular weight is 128 g/mol. The molecule has 4 heteroatoms. The second-order valence-corrected chi connectivity index (χ2v) is 1.41. The lowest BCUT2D eigenvalue weighted by Crippen LogP contribution is -2.04. The van der Waals surface area contributed by atoms with Gasteiger partial charge in [0.2, 0.25) is 0 Å². The molecule has 0 saturated carbocycles. The Kier molecular flexibility index (Phi) is 5.20. The molecule has 0 aliphatic heterocycles. The van der Waals surface area contributed by atoms with Gasteiger partial charge in [-0.25, -0.2) is 0 Å². The molecule has 9 heavy (non-hydrogen) atoms. The Bertz CT molecular complexity index is 109. The second kappa shape index (κ2) is 5.56. The first-order chi connectivity index (χ1) is 4.27. The predicted octanol–water partition coefficient (Wildman–Crippen LogP) is -0.897. The summed E-state index contributed by atoms with van der Waals surface area (Å²) in [6, 6.07) is 0. The van der Waals surface area contributed by atoms with Gasteiger partial charge in [-0.1, -0.05) is 24.2 Å². The van der Waals surface area contributed by atoms with Crippen molar-refractivity contribution in [1.29, 1.82) is 0 Å². The van der Waals surface area contributed by atoms with E-state index in [1.54, 1.807) is 0 Å². The zero-order chi connectivity index (χ0) is 7.11. The van der Waals surface area contributed by atoms with Crippen molar-refractivity contribution in [2.75, 3.05) is 6.61 Å². The zero-order valence-corrected chi connectivity index (χ0v) is 4.94. The minimum absolute atomic E-state index is 0.0358. The molecule has 0 spiro atoms. The van der Waals surface area contributed by atoms with E-state index < -0.39 is 7.12 Å². The SMILES string of the molecule is OC/C=C/C=C/B(O)O. The number of aliphatic hydroxyl groups excluding tert-OH is 1. The number of hydrogen-bond donors (Lipinski definition) is 3. The van der Waals surface area contributed by atoms with Gasteiger partial charge in [0.15, 0.2) is 0 Å².